The monoisotopic (exact) mass is 512 g/mol. The largest absolute Gasteiger partial charge is 0.469 e. The van der Waals surface area contributed by atoms with Gasteiger partial charge in [0.1, 0.15) is 12.4 Å². The lowest BCUT2D eigenvalue weighted by molar-refractivity contribution is -0.140. The van der Waals surface area contributed by atoms with E-state index in [1.54, 1.807) is 18.3 Å². The summed E-state index contributed by atoms with van der Waals surface area (Å²) in [6.07, 6.45) is 1.97. The summed E-state index contributed by atoms with van der Waals surface area (Å²) in [6, 6.07) is 16.1. The Labute approximate surface area is 214 Å². The minimum atomic E-state index is -0.703. The summed E-state index contributed by atoms with van der Waals surface area (Å²) >= 11 is 6.24. The van der Waals surface area contributed by atoms with Crippen LogP contribution >= 0.6 is 11.6 Å². The van der Waals surface area contributed by atoms with Crippen molar-refractivity contribution in [3.05, 3.63) is 71.4 Å². The number of amides is 2. The number of anilines is 1. The molecule has 0 radical (unpaired) electrons. The standard InChI is InChI=1S/C26H29ClN4O5/c1-18(32)31(29-16-21-10-5-6-12-23(21)27)22(11-7-13-25(33)35-2)17-36-26(34)30-24-14-19-8-3-4-9-20(19)15-28-24/h3-6,8-10,12,14-15,22,29H,7,11,13,16-17H2,1-2H3,(H,28,30,34)/t22-/m0/s1. The highest BCUT2D eigenvalue weighted by molar-refractivity contribution is 6.31. The van der Waals surface area contributed by atoms with Crippen molar-refractivity contribution >= 4 is 46.2 Å². The van der Waals surface area contributed by atoms with E-state index in [0.29, 0.717) is 30.2 Å². The molecule has 3 aromatic rings. The maximum absolute atomic E-state index is 12.5. The topological polar surface area (TPSA) is 110 Å². The molecule has 10 heteroatoms. The Balaban J connectivity index is 1.65. The molecular weight excluding hydrogens is 484 g/mol. The minimum Gasteiger partial charge on any atom is -0.469 e. The molecule has 0 saturated heterocycles. The van der Waals surface area contributed by atoms with Crippen molar-refractivity contribution in [1.82, 2.24) is 15.4 Å². The van der Waals surface area contributed by atoms with Gasteiger partial charge < -0.3 is 9.47 Å². The van der Waals surface area contributed by atoms with Crippen LogP contribution in [0.25, 0.3) is 10.8 Å². The molecule has 1 heterocycles. The quantitative estimate of drug-likeness (QED) is 0.283. The molecule has 0 saturated carbocycles. The van der Waals surface area contributed by atoms with E-state index in [2.05, 4.69) is 15.7 Å². The Morgan fingerprint density at radius 2 is 1.81 bits per heavy atom. The van der Waals surface area contributed by atoms with E-state index in [-0.39, 0.29) is 24.9 Å². The number of nitrogens with one attached hydrogen (secondary N) is 2. The summed E-state index contributed by atoms with van der Waals surface area (Å²) in [6.45, 7) is 1.60. The van der Waals surface area contributed by atoms with Crippen molar-refractivity contribution in [3.8, 4) is 0 Å². The first-order valence-electron chi connectivity index (χ1n) is 11.5. The van der Waals surface area contributed by atoms with E-state index in [1.807, 2.05) is 42.5 Å². The first-order valence-corrected chi connectivity index (χ1v) is 11.9. The van der Waals surface area contributed by atoms with Gasteiger partial charge in [-0.1, -0.05) is 54.1 Å². The van der Waals surface area contributed by atoms with Crippen LogP contribution < -0.4 is 10.7 Å². The van der Waals surface area contributed by atoms with E-state index >= 15 is 0 Å². The van der Waals surface area contributed by atoms with Gasteiger partial charge in [0.2, 0.25) is 5.91 Å². The average molecular weight is 513 g/mol. The Kier molecular flexibility index (Phi) is 10.0. The van der Waals surface area contributed by atoms with Crippen molar-refractivity contribution in [3.63, 3.8) is 0 Å². The lowest BCUT2D eigenvalue weighted by atomic mass is 10.1. The Morgan fingerprint density at radius 1 is 1.08 bits per heavy atom. The number of hydrogen-bond acceptors (Lipinski definition) is 7. The number of ether oxygens (including phenoxy) is 2. The van der Waals surface area contributed by atoms with Crippen molar-refractivity contribution in [2.24, 2.45) is 0 Å². The first-order chi connectivity index (χ1) is 17.4. The van der Waals surface area contributed by atoms with Crippen LogP contribution in [0.3, 0.4) is 0 Å². The van der Waals surface area contributed by atoms with Crippen LogP contribution in [0.5, 0.6) is 0 Å². The van der Waals surface area contributed by atoms with E-state index in [4.69, 9.17) is 21.1 Å². The minimum absolute atomic E-state index is 0.101. The third-order valence-electron chi connectivity index (χ3n) is 5.52. The van der Waals surface area contributed by atoms with Crippen LogP contribution in [0.1, 0.15) is 31.7 Å². The first kappa shape index (κ1) is 26.9. The second kappa shape index (κ2) is 13.4. The van der Waals surface area contributed by atoms with Gasteiger partial charge in [-0.2, -0.15) is 0 Å². The number of aromatic nitrogens is 1. The molecule has 36 heavy (non-hydrogen) atoms. The third-order valence-corrected chi connectivity index (χ3v) is 5.88. The molecule has 0 unspecified atom stereocenters. The van der Waals surface area contributed by atoms with E-state index < -0.39 is 12.1 Å². The zero-order valence-corrected chi connectivity index (χ0v) is 21.0. The van der Waals surface area contributed by atoms with Gasteiger partial charge >= 0.3 is 12.1 Å². The summed E-state index contributed by atoms with van der Waals surface area (Å²) in [4.78, 5) is 40.8. The summed E-state index contributed by atoms with van der Waals surface area (Å²) in [5.41, 5.74) is 3.89. The molecule has 0 bridgehead atoms. The number of rotatable bonds is 11. The summed E-state index contributed by atoms with van der Waals surface area (Å²) < 4.78 is 10.1. The maximum atomic E-state index is 12.5. The predicted octanol–water partition coefficient (Wildman–Crippen LogP) is 4.70. The van der Waals surface area contributed by atoms with Crippen molar-refractivity contribution in [2.75, 3.05) is 19.0 Å². The van der Waals surface area contributed by atoms with E-state index in [0.717, 1.165) is 16.3 Å². The number of nitrogens with zero attached hydrogens (tertiary/aromatic N) is 2. The number of carbonyl (C=O) groups excluding carboxylic acids is 3. The number of fused-ring (bicyclic) bond motifs is 1. The normalized spacial score (nSPS) is 11.5. The molecule has 0 aliphatic heterocycles. The molecule has 190 valence electrons. The van der Waals surface area contributed by atoms with Gasteiger partial charge in [0.15, 0.2) is 0 Å². The van der Waals surface area contributed by atoms with Crippen LogP contribution in [-0.2, 0) is 25.6 Å². The number of carbonyl (C=O) groups is 3. The van der Waals surface area contributed by atoms with E-state index in [1.165, 1.54) is 19.0 Å². The second-order valence-electron chi connectivity index (χ2n) is 8.08. The molecule has 1 aromatic heterocycles. The average Bonchev–Trinajstić information content (AvgIpc) is 2.87. The highest BCUT2D eigenvalue weighted by atomic mass is 35.5. The maximum Gasteiger partial charge on any atom is 0.412 e. The fraction of sp³-hybridized carbons (Fsp3) is 0.308. The predicted molar refractivity (Wildman–Crippen MR) is 137 cm³/mol. The number of methoxy groups -OCH3 is 1. The molecule has 1 atom stereocenters. The fourth-order valence-electron chi connectivity index (χ4n) is 3.65. The van der Waals surface area contributed by atoms with Gasteiger partial charge in [0, 0.05) is 36.5 Å². The van der Waals surface area contributed by atoms with Crippen LogP contribution in [0.4, 0.5) is 10.6 Å². The zero-order chi connectivity index (χ0) is 25.9. The Bertz CT molecular complexity index is 1210. The number of halogens is 1. The van der Waals surface area contributed by atoms with Crippen LogP contribution in [0, 0.1) is 0 Å². The number of hydrazine groups is 1. The molecule has 0 aliphatic rings. The smallest absolute Gasteiger partial charge is 0.412 e. The van der Waals surface area contributed by atoms with Crippen molar-refractivity contribution in [1.29, 1.82) is 0 Å². The Hall–Kier alpha value is -3.69. The van der Waals surface area contributed by atoms with Crippen LogP contribution in [0.2, 0.25) is 5.02 Å². The van der Waals surface area contributed by atoms with Gasteiger partial charge in [0.05, 0.1) is 13.2 Å². The van der Waals surface area contributed by atoms with Crippen molar-refractivity contribution in [2.45, 2.75) is 38.8 Å². The molecular formula is C26H29ClN4O5. The second-order valence-corrected chi connectivity index (χ2v) is 8.48. The molecule has 2 aromatic carbocycles. The number of esters is 1. The summed E-state index contributed by atoms with van der Waals surface area (Å²) in [7, 11) is 1.32. The van der Waals surface area contributed by atoms with Crippen LogP contribution in [0.15, 0.2) is 60.8 Å². The molecule has 2 N–H and O–H groups in total. The molecule has 9 nitrogen and oxygen atoms in total. The number of pyridine rings is 1. The lowest BCUT2D eigenvalue weighted by Crippen LogP contribution is -2.50. The summed E-state index contributed by atoms with van der Waals surface area (Å²) in [5.74, 6) is -0.278. The lowest BCUT2D eigenvalue weighted by Gasteiger charge is -2.31. The fourth-order valence-corrected chi connectivity index (χ4v) is 3.85. The molecule has 0 spiro atoms. The SMILES string of the molecule is COC(=O)CCC[C@@H](COC(=O)Nc1cc2ccccc2cn1)N(NCc1ccccc1Cl)C(C)=O. The van der Waals surface area contributed by atoms with Gasteiger partial charge in [-0.05, 0) is 35.9 Å². The third kappa shape index (κ3) is 7.93. The Morgan fingerprint density at radius 3 is 2.53 bits per heavy atom. The van der Waals surface area contributed by atoms with Gasteiger partial charge in [0.25, 0.3) is 0 Å². The molecule has 2 amide bonds. The van der Waals surface area contributed by atoms with Crippen LogP contribution in [-0.4, -0.2) is 47.7 Å². The summed E-state index contributed by atoms with van der Waals surface area (Å²) in [5, 5.41) is 6.46. The van der Waals surface area contributed by atoms with Gasteiger partial charge in [-0.25, -0.2) is 15.2 Å². The zero-order valence-electron chi connectivity index (χ0n) is 20.2. The molecule has 0 aliphatic carbocycles. The van der Waals surface area contributed by atoms with Gasteiger partial charge in [-0.3, -0.25) is 19.9 Å². The molecule has 3 rings (SSSR count). The number of hydrogen-bond donors (Lipinski definition) is 2. The number of benzene rings is 2. The molecule has 0 fully saturated rings. The van der Waals surface area contributed by atoms with E-state index in [9.17, 15) is 14.4 Å². The van der Waals surface area contributed by atoms with Crippen molar-refractivity contribution < 1.29 is 23.9 Å². The van der Waals surface area contributed by atoms with Gasteiger partial charge in [-0.15, -0.1) is 0 Å². The highest BCUT2D eigenvalue weighted by Crippen LogP contribution is 2.18. The highest BCUT2D eigenvalue weighted by Gasteiger charge is 2.23.